The summed E-state index contributed by atoms with van der Waals surface area (Å²) in [5, 5.41) is 8.87. The molecule has 0 aliphatic carbocycles. The minimum absolute atomic E-state index is 0.123. The lowest BCUT2D eigenvalue weighted by Gasteiger charge is -2.12. The molecule has 0 bridgehead atoms. The monoisotopic (exact) mass is 381 g/mol. The number of rotatable bonds is 3. The number of carboxylic acid groups (broad SMARTS) is 1. The number of hydrogen-bond donors (Lipinski definition) is 1. The van der Waals surface area contributed by atoms with E-state index in [0.29, 0.717) is 0 Å². The molecule has 0 fully saturated rings. The number of alkyl halides is 4. The van der Waals surface area contributed by atoms with Gasteiger partial charge in [-0.05, 0) is 22.6 Å². The van der Waals surface area contributed by atoms with Crippen LogP contribution in [0.5, 0.6) is 5.88 Å². The second-order valence-electron chi connectivity index (χ2n) is 2.76. The summed E-state index contributed by atoms with van der Waals surface area (Å²) < 4.78 is 39.3. The van der Waals surface area contributed by atoms with Crippen molar-refractivity contribution in [2.45, 2.75) is 12.2 Å². The molecule has 0 spiro atoms. The second-order valence-corrected chi connectivity index (χ2v) is 4.11. The third kappa shape index (κ3) is 3.60. The first-order valence-corrected chi connectivity index (χ1v) is 5.60. The van der Waals surface area contributed by atoms with Crippen molar-refractivity contribution in [3.8, 4) is 5.88 Å². The molecule has 94 valence electrons. The molecular formula is C8H4ClF3INO3. The van der Waals surface area contributed by atoms with Crippen LogP contribution in [0.4, 0.5) is 13.2 Å². The summed E-state index contributed by atoms with van der Waals surface area (Å²) in [6.07, 6.45) is -3.98. The second kappa shape index (κ2) is 5.25. The highest BCUT2D eigenvalue weighted by atomic mass is 127. The Kier molecular flexibility index (Phi) is 4.42. The fraction of sp³-hybridized carbons (Fsp3) is 0.250. The Hall–Kier alpha value is -0.770. The van der Waals surface area contributed by atoms with E-state index in [9.17, 15) is 18.0 Å². The Morgan fingerprint density at radius 3 is 2.59 bits per heavy atom. The smallest absolute Gasteiger partial charge is 0.478 e. The van der Waals surface area contributed by atoms with Gasteiger partial charge >= 0.3 is 12.3 Å². The quantitative estimate of drug-likeness (QED) is 0.646. The molecule has 17 heavy (non-hydrogen) atoms. The van der Waals surface area contributed by atoms with Gasteiger partial charge in [0.2, 0.25) is 5.88 Å². The number of halogens is 5. The van der Waals surface area contributed by atoms with Crippen LogP contribution in [-0.2, 0) is 5.88 Å². The first-order valence-electron chi connectivity index (χ1n) is 3.98. The Morgan fingerprint density at radius 2 is 2.18 bits per heavy atom. The molecule has 0 aromatic carbocycles. The topological polar surface area (TPSA) is 59.4 Å². The van der Waals surface area contributed by atoms with E-state index in [0.717, 1.165) is 6.20 Å². The summed E-state index contributed by atoms with van der Waals surface area (Å²) >= 11 is 6.88. The highest BCUT2D eigenvalue weighted by Crippen LogP contribution is 2.30. The molecule has 0 amide bonds. The van der Waals surface area contributed by atoms with Crippen molar-refractivity contribution in [3.63, 3.8) is 0 Å². The van der Waals surface area contributed by atoms with E-state index in [1.165, 1.54) is 22.6 Å². The van der Waals surface area contributed by atoms with Crippen LogP contribution in [0, 0.1) is 3.57 Å². The fourth-order valence-electron chi connectivity index (χ4n) is 1.02. The molecule has 0 saturated carbocycles. The van der Waals surface area contributed by atoms with E-state index >= 15 is 0 Å². The molecule has 0 atom stereocenters. The average molecular weight is 381 g/mol. The highest BCUT2D eigenvalue weighted by Gasteiger charge is 2.34. The van der Waals surface area contributed by atoms with Crippen molar-refractivity contribution in [3.05, 3.63) is 20.9 Å². The van der Waals surface area contributed by atoms with Crippen molar-refractivity contribution in [2.24, 2.45) is 0 Å². The average Bonchev–Trinajstić information content (AvgIpc) is 2.18. The summed E-state index contributed by atoms with van der Waals surface area (Å²) in [6.45, 7) is 0. The molecule has 0 aliphatic heterocycles. The maximum absolute atomic E-state index is 12.0. The maximum Gasteiger partial charge on any atom is 0.574 e. The van der Waals surface area contributed by atoms with Gasteiger partial charge in [0.15, 0.2) is 0 Å². The van der Waals surface area contributed by atoms with Crippen LogP contribution in [0.2, 0.25) is 0 Å². The SMILES string of the molecule is O=C(O)c1c(CCl)cnc(OC(F)(F)F)c1I. The first kappa shape index (κ1) is 14.3. The predicted molar refractivity (Wildman–Crippen MR) is 60.2 cm³/mol. The van der Waals surface area contributed by atoms with Crippen molar-refractivity contribution >= 4 is 40.2 Å². The number of hydrogen-bond acceptors (Lipinski definition) is 3. The van der Waals surface area contributed by atoms with Crippen molar-refractivity contribution in [2.75, 3.05) is 0 Å². The van der Waals surface area contributed by atoms with E-state index in [4.69, 9.17) is 16.7 Å². The molecule has 1 rings (SSSR count). The number of aromatic nitrogens is 1. The van der Waals surface area contributed by atoms with Crippen molar-refractivity contribution < 1.29 is 27.8 Å². The number of ether oxygens (including phenoxy) is 1. The van der Waals surface area contributed by atoms with Crippen LogP contribution in [0.25, 0.3) is 0 Å². The molecule has 1 aromatic heterocycles. The van der Waals surface area contributed by atoms with Gasteiger partial charge in [0.25, 0.3) is 0 Å². The molecule has 4 nitrogen and oxygen atoms in total. The van der Waals surface area contributed by atoms with Gasteiger partial charge < -0.3 is 9.84 Å². The van der Waals surface area contributed by atoms with Gasteiger partial charge in [0.05, 0.1) is 9.13 Å². The van der Waals surface area contributed by atoms with Crippen LogP contribution in [0.1, 0.15) is 15.9 Å². The number of nitrogens with zero attached hydrogens (tertiary/aromatic N) is 1. The fourth-order valence-corrected chi connectivity index (χ4v) is 2.05. The van der Waals surface area contributed by atoms with Gasteiger partial charge in [-0.1, -0.05) is 0 Å². The zero-order valence-corrected chi connectivity index (χ0v) is 10.8. The van der Waals surface area contributed by atoms with Gasteiger partial charge in [-0.2, -0.15) is 0 Å². The largest absolute Gasteiger partial charge is 0.574 e. The van der Waals surface area contributed by atoms with Crippen LogP contribution >= 0.6 is 34.2 Å². The number of pyridine rings is 1. The normalized spacial score (nSPS) is 11.4. The van der Waals surface area contributed by atoms with Gasteiger partial charge in [-0.25, -0.2) is 9.78 Å². The van der Waals surface area contributed by atoms with Crippen molar-refractivity contribution in [1.82, 2.24) is 4.98 Å². The lowest BCUT2D eigenvalue weighted by atomic mass is 10.1. The third-order valence-corrected chi connectivity index (χ3v) is 2.92. The van der Waals surface area contributed by atoms with E-state index in [1.54, 1.807) is 0 Å². The molecule has 0 radical (unpaired) electrons. The molecule has 1 aromatic rings. The summed E-state index contributed by atoms with van der Waals surface area (Å²) in [7, 11) is 0. The molecule has 1 heterocycles. The van der Waals surface area contributed by atoms with Crippen LogP contribution < -0.4 is 4.74 Å². The molecule has 9 heteroatoms. The van der Waals surface area contributed by atoms with Crippen LogP contribution in [0.15, 0.2) is 6.20 Å². The van der Waals surface area contributed by atoms with Crippen molar-refractivity contribution in [1.29, 1.82) is 0 Å². The minimum Gasteiger partial charge on any atom is -0.478 e. The predicted octanol–water partition coefficient (Wildman–Crippen LogP) is 3.02. The maximum atomic E-state index is 12.0. The number of carbonyl (C=O) groups is 1. The molecule has 1 N–H and O–H groups in total. The van der Waals surface area contributed by atoms with E-state index in [-0.39, 0.29) is 20.6 Å². The number of aromatic carboxylic acids is 1. The Balaban J connectivity index is 3.28. The zero-order chi connectivity index (χ0) is 13.2. The Morgan fingerprint density at radius 1 is 1.59 bits per heavy atom. The lowest BCUT2D eigenvalue weighted by Crippen LogP contribution is -2.20. The molecule has 0 aliphatic rings. The molecule has 0 saturated heterocycles. The summed E-state index contributed by atoms with van der Waals surface area (Å²) in [5.41, 5.74) is -0.215. The standard InChI is InChI=1S/C8H4ClF3INO3/c9-1-3-2-14-6(17-8(10,11)12)5(13)4(3)7(15)16/h2H,1H2,(H,15,16). The first-order chi connectivity index (χ1) is 7.76. The third-order valence-electron chi connectivity index (χ3n) is 1.64. The summed E-state index contributed by atoms with van der Waals surface area (Å²) in [6, 6.07) is 0. The minimum atomic E-state index is -4.93. The zero-order valence-electron chi connectivity index (χ0n) is 7.89. The van der Waals surface area contributed by atoms with Crippen LogP contribution in [-0.4, -0.2) is 22.4 Å². The summed E-state index contributed by atoms with van der Waals surface area (Å²) in [5.74, 6) is -2.36. The molecule has 0 unspecified atom stereocenters. The van der Waals surface area contributed by atoms with Crippen LogP contribution in [0.3, 0.4) is 0 Å². The van der Waals surface area contributed by atoms with E-state index < -0.39 is 18.2 Å². The number of carboxylic acids is 1. The van der Waals surface area contributed by atoms with Gasteiger partial charge in [0.1, 0.15) is 0 Å². The highest BCUT2D eigenvalue weighted by molar-refractivity contribution is 14.1. The Bertz CT molecular complexity index is 452. The summed E-state index contributed by atoms with van der Waals surface area (Å²) in [4.78, 5) is 14.3. The van der Waals surface area contributed by atoms with E-state index in [2.05, 4.69) is 9.72 Å². The lowest BCUT2D eigenvalue weighted by molar-refractivity contribution is -0.276. The Labute approximate surface area is 112 Å². The van der Waals surface area contributed by atoms with E-state index in [1.807, 2.05) is 0 Å². The van der Waals surface area contributed by atoms with Gasteiger partial charge in [0, 0.05) is 17.6 Å². The van der Waals surface area contributed by atoms with Gasteiger partial charge in [-0.15, -0.1) is 24.8 Å². The van der Waals surface area contributed by atoms with Gasteiger partial charge in [-0.3, -0.25) is 0 Å². The molecular weight excluding hydrogens is 377 g/mol.